The molecule has 336 valence electrons. The van der Waals surface area contributed by atoms with Gasteiger partial charge in [0.1, 0.15) is 0 Å². The lowest BCUT2D eigenvalue weighted by atomic mass is 10.0. The van der Waals surface area contributed by atoms with Crippen LogP contribution in [0.4, 0.5) is 0 Å². The summed E-state index contributed by atoms with van der Waals surface area (Å²) in [6.07, 6.45) is 48.4. The molecule has 0 bridgehead atoms. The van der Waals surface area contributed by atoms with Gasteiger partial charge in [-0.05, 0) is 12.8 Å². The highest BCUT2D eigenvalue weighted by Crippen LogP contribution is 2.43. The molecule has 0 saturated carbocycles. The zero-order valence-corrected chi connectivity index (χ0v) is 38.3. The van der Waals surface area contributed by atoms with Crippen molar-refractivity contribution < 1.29 is 28.4 Å². The van der Waals surface area contributed by atoms with Crippen molar-refractivity contribution in [1.82, 2.24) is 5.32 Å². The van der Waals surface area contributed by atoms with Crippen LogP contribution < -0.4 is 11.1 Å². The molecule has 0 aromatic carbocycles. The fraction of sp³-hybridized carbons (Fsp3) is 0.979. The van der Waals surface area contributed by atoms with E-state index in [0.29, 0.717) is 12.8 Å². The summed E-state index contributed by atoms with van der Waals surface area (Å²) in [5.74, 6) is -0.155. The summed E-state index contributed by atoms with van der Waals surface area (Å²) >= 11 is 0. The van der Waals surface area contributed by atoms with Crippen LogP contribution in [0.3, 0.4) is 0 Å². The molecule has 8 nitrogen and oxygen atoms in total. The number of phosphoric ester groups is 1. The SMILES string of the molecule is CCCCCCCCCCCCCCCCCCCCCCCCCC(=O)N[C@@H](COP(=O)(O)OCCN)[C@H](O)CCCCCCCCCCCCCCCC. The minimum atomic E-state index is -4.31. The molecule has 0 rings (SSSR count). The van der Waals surface area contributed by atoms with E-state index < -0.39 is 20.0 Å². The quantitative estimate of drug-likeness (QED) is 0.0355. The number of aliphatic hydroxyl groups excluding tert-OH is 1. The number of amides is 1. The lowest BCUT2D eigenvalue weighted by molar-refractivity contribution is -0.123. The zero-order valence-electron chi connectivity index (χ0n) is 37.4. The first-order chi connectivity index (χ1) is 27.4. The highest BCUT2D eigenvalue weighted by molar-refractivity contribution is 7.47. The number of rotatable bonds is 47. The zero-order chi connectivity index (χ0) is 41.1. The van der Waals surface area contributed by atoms with Crippen LogP contribution in [-0.4, -0.2) is 47.8 Å². The van der Waals surface area contributed by atoms with Crippen LogP contribution in [0.15, 0.2) is 0 Å². The third kappa shape index (κ3) is 41.7. The van der Waals surface area contributed by atoms with E-state index in [9.17, 15) is 19.4 Å². The summed E-state index contributed by atoms with van der Waals surface area (Å²) in [7, 11) is -4.31. The number of carbonyl (C=O) groups excluding carboxylic acids is 1. The maximum atomic E-state index is 12.8. The molecule has 0 aliphatic rings. The molecule has 5 N–H and O–H groups in total. The minimum absolute atomic E-state index is 0.0926. The highest BCUT2D eigenvalue weighted by atomic mass is 31.2. The fourth-order valence-electron chi connectivity index (χ4n) is 7.73. The Hall–Kier alpha value is -0.500. The number of hydrogen-bond donors (Lipinski definition) is 4. The number of phosphoric acid groups is 1. The Morgan fingerprint density at radius 2 is 0.821 bits per heavy atom. The maximum absolute atomic E-state index is 12.8. The van der Waals surface area contributed by atoms with Gasteiger partial charge in [-0.2, -0.15) is 0 Å². The largest absolute Gasteiger partial charge is 0.472 e. The number of hydrogen-bond acceptors (Lipinski definition) is 6. The Bertz CT molecular complexity index is 849. The van der Waals surface area contributed by atoms with Crippen LogP contribution >= 0.6 is 7.82 Å². The number of nitrogens with one attached hydrogen (secondary N) is 1. The number of carbonyl (C=O) groups is 1. The van der Waals surface area contributed by atoms with Crippen molar-refractivity contribution in [2.75, 3.05) is 19.8 Å². The van der Waals surface area contributed by atoms with Gasteiger partial charge >= 0.3 is 7.82 Å². The van der Waals surface area contributed by atoms with Crippen molar-refractivity contribution in [2.24, 2.45) is 5.73 Å². The van der Waals surface area contributed by atoms with E-state index in [1.54, 1.807) is 0 Å². The molecule has 1 unspecified atom stereocenters. The topological polar surface area (TPSA) is 131 Å². The normalized spacial score (nSPS) is 13.9. The van der Waals surface area contributed by atoms with Crippen molar-refractivity contribution >= 4 is 13.7 Å². The van der Waals surface area contributed by atoms with E-state index in [-0.39, 0.29) is 25.7 Å². The molecule has 56 heavy (non-hydrogen) atoms. The van der Waals surface area contributed by atoms with Crippen molar-refractivity contribution in [1.29, 1.82) is 0 Å². The summed E-state index contributed by atoms with van der Waals surface area (Å²) < 4.78 is 22.2. The molecule has 0 aromatic heterocycles. The predicted molar refractivity (Wildman–Crippen MR) is 240 cm³/mol. The molecule has 0 saturated heterocycles. The molecule has 1 amide bonds. The van der Waals surface area contributed by atoms with Gasteiger partial charge in [-0.1, -0.05) is 245 Å². The van der Waals surface area contributed by atoms with E-state index in [2.05, 4.69) is 19.2 Å². The molecule has 0 fully saturated rings. The average molecular weight is 817 g/mol. The van der Waals surface area contributed by atoms with Gasteiger partial charge in [0.15, 0.2) is 0 Å². The third-order valence-electron chi connectivity index (χ3n) is 11.5. The van der Waals surface area contributed by atoms with Gasteiger partial charge in [-0.15, -0.1) is 0 Å². The first-order valence-corrected chi connectivity index (χ1v) is 26.1. The molecule has 0 heterocycles. The van der Waals surface area contributed by atoms with Crippen molar-refractivity contribution in [2.45, 2.75) is 276 Å². The smallest absolute Gasteiger partial charge is 0.391 e. The monoisotopic (exact) mass is 817 g/mol. The van der Waals surface area contributed by atoms with Crippen molar-refractivity contribution in [3.05, 3.63) is 0 Å². The third-order valence-corrected chi connectivity index (χ3v) is 12.4. The summed E-state index contributed by atoms with van der Waals surface area (Å²) in [5.41, 5.74) is 5.39. The molecule has 0 spiro atoms. The summed E-state index contributed by atoms with van der Waals surface area (Å²) in [6.45, 7) is 4.25. The Labute approximate surface area is 348 Å². The van der Waals surface area contributed by atoms with Crippen LogP contribution in [0, 0.1) is 0 Å². The Kier molecular flexibility index (Phi) is 43.7. The first-order valence-electron chi connectivity index (χ1n) is 24.7. The van der Waals surface area contributed by atoms with Crippen molar-refractivity contribution in [3.8, 4) is 0 Å². The van der Waals surface area contributed by atoms with Gasteiger partial charge in [-0.3, -0.25) is 13.8 Å². The van der Waals surface area contributed by atoms with Crippen molar-refractivity contribution in [3.63, 3.8) is 0 Å². The van der Waals surface area contributed by atoms with Gasteiger partial charge in [0.05, 0.1) is 25.4 Å². The van der Waals surface area contributed by atoms with Crippen LogP contribution in [-0.2, 0) is 18.4 Å². The number of unbranched alkanes of at least 4 members (excludes halogenated alkanes) is 35. The second kappa shape index (κ2) is 44.1. The second-order valence-corrected chi connectivity index (χ2v) is 18.5. The highest BCUT2D eigenvalue weighted by Gasteiger charge is 2.27. The lowest BCUT2D eigenvalue weighted by Crippen LogP contribution is -2.46. The fourth-order valence-corrected chi connectivity index (χ4v) is 8.49. The first kappa shape index (κ1) is 55.5. The minimum Gasteiger partial charge on any atom is -0.391 e. The van der Waals surface area contributed by atoms with Gasteiger partial charge < -0.3 is 21.1 Å². The Morgan fingerprint density at radius 1 is 0.518 bits per heavy atom. The molecular formula is C47H97N2O6P. The van der Waals surface area contributed by atoms with Gasteiger partial charge in [-0.25, -0.2) is 4.57 Å². The summed E-state index contributed by atoms with van der Waals surface area (Å²) in [6, 6.07) is -0.768. The van der Waals surface area contributed by atoms with Gasteiger partial charge in [0, 0.05) is 13.0 Å². The van der Waals surface area contributed by atoms with E-state index in [1.165, 1.54) is 199 Å². The van der Waals surface area contributed by atoms with E-state index in [4.69, 9.17) is 14.8 Å². The molecule has 0 radical (unpaired) electrons. The van der Waals surface area contributed by atoms with Gasteiger partial charge in [0.2, 0.25) is 5.91 Å². The molecule has 0 aliphatic carbocycles. The van der Waals surface area contributed by atoms with Crippen LogP contribution in [0.1, 0.15) is 264 Å². The van der Waals surface area contributed by atoms with Gasteiger partial charge in [0.25, 0.3) is 0 Å². The number of nitrogens with two attached hydrogens (primary N) is 1. The number of aliphatic hydroxyl groups is 1. The second-order valence-electron chi connectivity index (χ2n) is 17.0. The summed E-state index contributed by atoms with van der Waals surface area (Å²) in [4.78, 5) is 22.8. The summed E-state index contributed by atoms with van der Waals surface area (Å²) in [5, 5.41) is 13.8. The van der Waals surface area contributed by atoms with Crippen LogP contribution in [0.5, 0.6) is 0 Å². The standard InChI is InChI=1S/C47H97N2O6P/c1-3-5-7-9-11-13-15-17-19-20-21-22-23-24-25-26-27-29-31-33-35-37-39-41-47(51)49-45(44-55-56(52,53)54-43-42-48)46(50)40-38-36-34-32-30-28-18-16-14-12-10-8-6-4-2/h45-46,50H,3-44,48H2,1-2H3,(H,49,51)(H,52,53)/t45-,46+/m0/s1. The van der Waals surface area contributed by atoms with Crippen LogP contribution in [0.25, 0.3) is 0 Å². The molecule has 3 atom stereocenters. The molecule has 9 heteroatoms. The van der Waals surface area contributed by atoms with Crippen LogP contribution in [0.2, 0.25) is 0 Å². The van der Waals surface area contributed by atoms with E-state index in [1.807, 2.05) is 0 Å². The Balaban J connectivity index is 3.98. The average Bonchev–Trinajstić information content (AvgIpc) is 3.19. The predicted octanol–water partition coefficient (Wildman–Crippen LogP) is 14.2. The van der Waals surface area contributed by atoms with E-state index >= 15 is 0 Å². The maximum Gasteiger partial charge on any atom is 0.472 e. The Morgan fingerprint density at radius 3 is 1.14 bits per heavy atom. The lowest BCUT2D eigenvalue weighted by Gasteiger charge is -2.25. The molecular weight excluding hydrogens is 719 g/mol. The molecule has 0 aromatic rings. The molecule has 0 aliphatic heterocycles. The van der Waals surface area contributed by atoms with E-state index in [0.717, 1.165) is 38.5 Å².